The van der Waals surface area contributed by atoms with Gasteiger partial charge in [-0.05, 0) is 36.4 Å². The van der Waals surface area contributed by atoms with Gasteiger partial charge in [-0.3, -0.25) is 0 Å². The zero-order chi connectivity index (χ0) is 18.0. The van der Waals surface area contributed by atoms with E-state index < -0.39 is 18.2 Å². The summed E-state index contributed by atoms with van der Waals surface area (Å²) >= 11 is 0. The summed E-state index contributed by atoms with van der Waals surface area (Å²) in [4.78, 5) is 0. The van der Waals surface area contributed by atoms with Crippen LogP contribution in [-0.4, -0.2) is 24.5 Å². The Bertz CT molecular complexity index is 908. The Morgan fingerprint density at radius 1 is 1.04 bits per heavy atom. The van der Waals surface area contributed by atoms with Crippen molar-refractivity contribution in [3.8, 4) is 34.1 Å². The van der Waals surface area contributed by atoms with Crippen LogP contribution in [0.2, 0.25) is 0 Å². The first-order valence-corrected chi connectivity index (χ1v) is 7.36. The van der Waals surface area contributed by atoms with Crippen molar-refractivity contribution >= 4 is 0 Å². The normalized spacial score (nSPS) is 10.8. The number of methoxy groups -OCH3 is 2. The fraction of sp³-hybridized carbons (Fsp3) is 0.167. The van der Waals surface area contributed by atoms with E-state index in [1.54, 1.807) is 18.2 Å². The number of halogens is 2. The highest BCUT2D eigenvalue weighted by Crippen LogP contribution is 2.39. The van der Waals surface area contributed by atoms with Crippen molar-refractivity contribution in [1.29, 1.82) is 0 Å². The molecular weight excluding hydrogens is 332 g/mol. The molecule has 2 aromatic carbocycles. The quantitative estimate of drug-likeness (QED) is 0.761. The average Bonchev–Trinajstić information content (AvgIpc) is 3.06. The number of hydrogen-bond acceptors (Lipinski definition) is 5. The van der Waals surface area contributed by atoms with Gasteiger partial charge < -0.3 is 19.1 Å². The third kappa shape index (κ3) is 3.06. The summed E-state index contributed by atoms with van der Waals surface area (Å²) < 4.78 is 43.3. The van der Waals surface area contributed by atoms with Gasteiger partial charge in [-0.15, -0.1) is 0 Å². The number of benzene rings is 2. The van der Waals surface area contributed by atoms with Crippen molar-refractivity contribution in [2.24, 2.45) is 0 Å². The van der Waals surface area contributed by atoms with E-state index in [0.29, 0.717) is 17.1 Å². The minimum Gasteiger partial charge on any atom is -0.497 e. The Labute approximate surface area is 142 Å². The molecule has 0 atom stereocenters. The van der Waals surface area contributed by atoms with Crippen LogP contribution in [0.25, 0.3) is 22.6 Å². The number of aliphatic hydroxyl groups is 1. The third-order valence-corrected chi connectivity index (χ3v) is 3.78. The van der Waals surface area contributed by atoms with Crippen molar-refractivity contribution in [2.75, 3.05) is 14.2 Å². The minimum absolute atomic E-state index is 0.0422. The summed E-state index contributed by atoms with van der Waals surface area (Å²) in [5.41, 5.74) is 0.857. The van der Waals surface area contributed by atoms with E-state index >= 15 is 0 Å². The van der Waals surface area contributed by atoms with Gasteiger partial charge in [-0.1, -0.05) is 5.16 Å². The summed E-state index contributed by atoms with van der Waals surface area (Å²) in [7, 11) is 2.99. The molecule has 0 aliphatic heterocycles. The maximum Gasteiger partial charge on any atom is 0.176 e. The second-order valence-corrected chi connectivity index (χ2v) is 5.19. The van der Waals surface area contributed by atoms with E-state index in [1.807, 2.05) is 0 Å². The second-order valence-electron chi connectivity index (χ2n) is 5.19. The fourth-order valence-electron chi connectivity index (χ4n) is 2.55. The summed E-state index contributed by atoms with van der Waals surface area (Å²) in [5, 5.41) is 13.7. The first-order chi connectivity index (χ1) is 12.1. The van der Waals surface area contributed by atoms with Gasteiger partial charge in [0.25, 0.3) is 0 Å². The highest BCUT2D eigenvalue weighted by atomic mass is 19.1. The molecular formula is C18H15F2NO4. The molecule has 0 amide bonds. The minimum atomic E-state index is -0.684. The van der Waals surface area contributed by atoms with Crippen LogP contribution in [0.1, 0.15) is 5.56 Å². The Balaban J connectivity index is 2.21. The largest absolute Gasteiger partial charge is 0.497 e. The smallest absolute Gasteiger partial charge is 0.176 e. The zero-order valence-electron chi connectivity index (χ0n) is 13.5. The van der Waals surface area contributed by atoms with Crippen LogP contribution in [0, 0.1) is 11.6 Å². The van der Waals surface area contributed by atoms with Crippen molar-refractivity contribution in [2.45, 2.75) is 6.61 Å². The van der Waals surface area contributed by atoms with Crippen molar-refractivity contribution in [3.05, 3.63) is 53.6 Å². The molecule has 130 valence electrons. The predicted octanol–water partition coefficient (Wildman–Crippen LogP) is 3.80. The van der Waals surface area contributed by atoms with Gasteiger partial charge >= 0.3 is 0 Å². The molecule has 3 rings (SSSR count). The Morgan fingerprint density at radius 2 is 1.84 bits per heavy atom. The molecule has 0 fully saturated rings. The number of aromatic nitrogens is 1. The van der Waals surface area contributed by atoms with E-state index in [4.69, 9.17) is 14.0 Å². The monoisotopic (exact) mass is 347 g/mol. The number of rotatable bonds is 5. The van der Waals surface area contributed by atoms with Crippen LogP contribution in [0.4, 0.5) is 8.78 Å². The maximum atomic E-state index is 14.1. The lowest BCUT2D eigenvalue weighted by atomic mass is 10.0. The van der Waals surface area contributed by atoms with Gasteiger partial charge in [0.15, 0.2) is 5.76 Å². The molecule has 25 heavy (non-hydrogen) atoms. The first kappa shape index (κ1) is 16.9. The van der Waals surface area contributed by atoms with E-state index in [9.17, 15) is 13.9 Å². The van der Waals surface area contributed by atoms with E-state index in [0.717, 1.165) is 18.2 Å². The Morgan fingerprint density at radius 3 is 2.52 bits per heavy atom. The van der Waals surface area contributed by atoms with Crippen LogP contribution in [0.15, 0.2) is 40.9 Å². The van der Waals surface area contributed by atoms with Gasteiger partial charge in [0, 0.05) is 5.56 Å². The molecule has 0 unspecified atom stereocenters. The number of hydrogen-bond donors (Lipinski definition) is 1. The predicted molar refractivity (Wildman–Crippen MR) is 86.3 cm³/mol. The first-order valence-electron chi connectivity index (χ1n) is 7.36. The molecule has 0 saturated carbocycles. The molecule has 0 spiro atoms. The van der Waals surface area contributed by atoms with Crippen LogP contribution in [-0.2, 0) is 6.61 Å². The Hall–Kier alpha value is -2.93. The second kappa shape index (κ2) is 6.90. The van der Waals surface area contributed by atoms with Gasteiger partial charge in [0.1, 0.15) is 28.8 Å². The molecule has 5 nitrogen and oxygen atoms in total. The van der Waals surface area contributed by atoms with Crippen LogP contribution >= 0.6 is 0 Å². The van der Waals surface area contributed by atoms with Crippen LogP contribution in [0.5, 0.6) is 11.5 Å². The highest BCUT2D eigenvalue weighted by molar-refractivity contribution is 5.77. The highest BCUT2D eigenvalue weighted by Gasteiger charge is 2.23. The van der Waals surface area contributed by atoms with Gasteiger partial charge in [-0.25, -0.2) is 8.78 Å². The molecule has 0 saturated heterocycles. The van der Waals surface area contributed by atoms with Crippen molar-refractivity contribution in [1.82, 2.24) is 5.16 Å². The summed E-state index contributed by atoms with van der Waals surface area (Å²) in [6.07, 6.45) is 0. The molecule has 0 aliphatic rings. The lowest BCUT2D eigenvalue weighted by Gasteiger charge is -2.09. The van der Waals surface area contributed by atoms with Crippen molar-refractivity contribution < 1.29 is 27.9 Å². The molecule has 3 aromatic rings. The zero-order valence-corrected chi connectivity index (χ0v) is 13.5. The molecule has 1 aromatic heterocycles. The van der Waals surface area contributed by atoms with Gasteiger partial charge in [-0.2, -0.15) is 0 Å². The molecule has 7 heteroatoms. The maximum absolute atomic E-state index is 14.1. The lowest BCUT2D eigenvalue weighted by Crippen LogP contribution is -1.95. The van der Waals surface area contributed by atoms with E-state index in [1.165, 1.54) is 14.2 Å². The molecule has 1 N–H and O–H groups in total. The Kier molecular flexibility index (Phi) is 4.67. The summed E-state index contributed by atoms with van der Waals surface area (Å²) in [5.74, 6) is -0.343. The van der Waals surface area contributed by atoms with Gasteiger partial charge in [0.05, 0.1) is 32.0 Å². The lowest BCUT2D eigenvalue weighted by molar-refractivity contribution is 0.281. The number of aliphatic hydroxyl groups excluding tert-OH is 1. The SMILES string of the molecule is COc1ccc(OC)c(-c2noc(-c3cc(F)ccc3F)c2CO)c1. The molecule has 0 radical (unpaired) electrons. The van der Waals surface area contributed by atoms with Crippen molar-refractivity contribution in [3.63, 3.8) is 0 Å². The molecule has 1 heterocycles. The molecule has 0 aliphatic carbocycles. The number of ether oxygens (including phenoxy) is 2. The summed E-state index contributed by atoms with van der Waals surface area (Å²) in [6, 6.07) is 8.00. The topological polar surface area (TPSA) is 64.7 Å². The summed E-state index contributed by atoms with van der Waals surface area (Å²) in [6.45, 7) is -0.482. The fourth-order valence-corrected chi connectivity index (χ4v) is 2.55. The van der Waals surface area contributed by atoms with Gasteiger partial charge in [0.2, 0.25) is 0 Å². The standard InChI is InChI=1S/C18H15F2NO4/c1-23-11-4-6-16(24-2)13(8-11)17-14(9-22)18(25-21-17)12-7-10(19)3-5-15(12)20/h3-8,22H,9H2,1-2H3. The van der Waals surface area contributed by atoms with Crippen LogP contribution in [0.3, 0.4) is 0 Å². The van der Waals surface area contributed by atoms with E-state index in [-0.39, 0.29) is 22.6 Å². The molecule has 0 bridgehead atoms. The average molecular weight is 347 g/mol. The number of nitrogens with zero attached hydrogens (tertiary/aromatic N) is 1. The van der Waals surface area contributed by atoms with Crippen LogP contribution < -0.4 is 9.47 Å². The third-order valence-electron chi connectivity index (χ3n) is 3.78. The van der Waals surface area contributed by atoms with E-state index in [2.05, 4.69) is 5.16 Å².